The first kappa shape index (κ1) is 48.3. The number of hydrogen-bond acceptors (Lipinski definition) is 13. The number of ketones is 1. The van der Waals surface area contributed by atoms with Crippen LogP contribution in [0.4, 0.5) is 70.6 Å². The van der Waals surface area contributed by atoms with Crippen LogP contribution in [0.1, 0.15) is 46.7 Å². The van der Waals surface area contributed by atoms with Crippen LogP contribution in [-0.2, 0) is 0 Å². The van der Waals surface area contributed by atoms with Crippen molar-refractivity contribution in [3.05, 3.63) is 72.3 Å². The Hall–Kier alpha value is -6.69. The largest absolute Gasteiger partial charge is 0.494 e. The van der Waals surface area contributed by atoms with E-state index in [1.54, 1.807) is 42.6 Å². The zero-order valence-electron chi connectivity index (χ0n) is 34.0. The third-order valence-corrected chi connectivity index (χ3v) is 10.1. The topological polar surface area (TPSA) is 222 Å². The van der Waals surface area contributed by atoms with Crippen molar-refractivity contribution in [2.45, 2.75) is 50.1 Å². The van der Waals surface area contributed by atoms with Gasteiger partial charge in [-0.3, -0.25) is 25.2 Å². The Morgan fingerprint density at radius 1 is 0.750 bits per heavy atom. The van der Waals surface area contributed by atoms with E-state index in [0.717, 1.165) is 13.0 Å². The molecule has 0 aliphatic carbocycles. The number of anilines is 6. The molecule has 4 aliphatic heterocycles. The lowest BCUT2D eigenvalue weighted by Gasteiger charge is -2.36. The van der Waals surface area contributed by atoms with Gasteiger partial charge in [0.05, 0.1) is 39.3 Å². The third kappa shape index (κ3) is 11.3. The second-order valence-corrected chi connectivity index (χ2v) is 14.2. The lowest BCUT2D eigenvalue weighted by Crippen LogP contribution is -2.48. The highest BCUT2D eigenvalue weighted by molar-refractivity contribution is 6.07. The number of aromatic carboxylic acids is 1. The molecule has 64 heavy (non-hydrogen) atoms. The fourth-order valence-corrected chi connectivity index (χ4v) is 7.28. The minimum atomic E-state index is -4.45. The maximum atomic E-state index is 13.1. The number of carboxylic acid groups (broad SMARTS) is 1. The van der Waals surface area contributed by atoms with Crippen LogP contribution in [0.5, 0.6) is 11.5 Å². The van der Waals surface area contributed by atoms with E-state index in [2.05, 4.69) is 41.2 Å². The molecule has 2 saturated heterocycles. The molecule has 4 amide bonds. The van der Waals surface area contributed by atoms with Gasteiger partial charge >= 0.3 is 30.4 Å². The van der Waals surface area contributed by atoms with Gasteiger partial charge in [-0.25, -0.2) is 34.3 Å². The molecular formula is C39H42ClF6N11O7. The number of urea groups is 2. The standard InChI is InChI=1S/C20H20F3N5O3.C17H17N5O4.C2H4F3N.ClH/c1-31-15-10-13(14(29)5-7-20(21,22)23)25-18-17(15)27-9-6-12(11-27)28(18)19(30)26-16-4-2-3-8-24-16;1-26-12-8-11(16(23)24)19-15-14(12)21-7-5-10(9-21)22(15)17(25)20-13-4-2-3-6-18-13;3-2(4,5)1-6;/h2-4,8,10,12H,5-7,9,11H2,1H3,(H,24,26,30);2-4,6,8,10H,5,7,9H2,1H3,(H,23,24)(H,18,20,25);1,6H2;1H/t12-;10-;;/m00../s1. The number of fused-ring (bicyclic) bond motifs is 8. The van der Waals surface area contributed by atoms with E-state index in [0.29, 0.717) is 60.6 Å². The summed E-state index contributed by atoms with van der Waals surface area (Å²) in [7, 11) is 2.88. The molecule has 0 unspecified atom stereocenters. The molecule has 8 heterocycles. The zero-order chi connectivity index (χ0) is 45.6. The molecule has 18 nitrogen and oxygen atoms in total. The number of alkyl halides is 6. The number of rotatable bonds is 8. The fraction of sp³-hybridized carbons (Fsp3) is 0.385. The highest BCUT2D eigenvalue weighted by Crippen LogP contribution is 2.47. The predicted octanol–water partition coefficient (Wildman–Crippen LogP) is 6.38. The van der Waals surface area contributed by atoms with Gasteiger partial charge in [0, 0.05) is 57.1 Å². The number of hydrogen-bond donors (Lipinski definition) is 4. The average Bonchev–Trinajstić information content (AvgIpc) is 3.87. The number of nitrogens with one attached hydrogen (secondary N) is 2. The van der Waals surface area contributed by atoms with Crippen LogP contribution in [0.25, 0.3) is 0 Å². The summed E-state index contributed by atoms with van der Waals surface area (Å²) in [5, 5.41) is 14.8. The minimum absolute atomic E-state index is 0. The van der Waals surface area contributed by atoms with E-state index in [4.69, 9.17) is 9.47 Å². The second-order valence-electron chi connectivity index (χ2n) is 14.2. The van der Waals surface area contributed by atoms with Gasteiger partial charge in [-0.2, -0.15) is 26.3 Å². The number of aromatic nitrogens is 4. The highest BCUT2D eigenvalue weighted by Gasteiger charge is 2.44. The molecule has 4 aliphatic rings. The van der Waals surface area contributed by atoms with E-state index in [1.807, 2.05) is 4.90 Å². The quantitative estimate of drug-likeness (QED) is 0.111. The number of methoxy groups -OCH3 is 2. The van der Waals surface area contributed by atoms with Gasteiger partial charge in [0.25, 0.3) is 0 Å². The first-order chi connectivity index (χ1) is 29.9. The summed E-state index contributed by atoms with van der Waals surface area (Å²) < 4.78 is 80.5. The van der Waals surface area contributed by atoms with E-state index >= 15 is 0 Å². The van der Waals surface area contributed by atoms with Crippen LogP contribution < -0.4 is 45.4 Å². The summed E-state index contributed by atoms with van der Waals surface area (Å²) in [5.41, 5.74) is 5.03. The van der Waals surface area contributed by atoms with Gasteiger partial charge in [-0.05, 0) is 37.1 Å². The van der Waals surface area contributed by atoms with Crippen molar-refractivity contribution >= 4 is 70.9 Å². The molecule has 0 spiro atoms. The van der Waals surface area contributed by atoms with Crippen LogP contribution in [-0.4, -0.2) is 120 Å². The van der Waals surface area contributed by atoms with Crippen LogP contribution in [0.15, 0.2) is 60.9 Å². The van der Waals surface area contributed by atoms with Crippen molar-refractivity contribution in [2.24, 2.45) is 5.73 Å². The number of pyridine rings is 4. The van der Waals surface area contributed by atoms with Crippen molar-refractivity contribution in [1.29, 1.82) is 0 Å². The molecule has 8 rings (SSSR count). The Bertz CT molecular complexity index is 2320. The smallest absolute Gasteiger partial charge is 0.400 e. The minimum Gasteiger partial charge on any atom is -0.494 e. The summed E-state index contributed by atoms with van der Waals surface area (Å²) in [6, 6.07) is 11.8. The van der Waals surface area contributed by atoms with Gasteiger partial charge in [-0.15, -0.1) is 12.4 Å². The number of Topliss-reactive ketones (excluding diaryl/α,β-unsaturated/α-hetero) is 1. The summed E-state index contributed by atoms with van der Waals surface area (Å²) in [6.07, 6.45) is -6.05. The molecular weight excluding hydrogens is 884 g/mol. The number of nitrogens with zero attached hydrogens (tertiary/aromatic N) is 8. The number of halogens is 7. The van der Waals surface area contributed by atoms with Crippen LogP contribution in [0.2, 0.25) is 0 Å². The fourth-order valence-electron chi connectivity index (χ4n) is 7.28. The third-order valence-electron chi connectivity index (χ3n) is 10.1. The van der Waals surface area contributed by atoms with Gasteiger partial charge in [-0.1, -0.05) is 12.1 Å². The Morgan fingerprint density at radius 3 is 1.56 bits per heavy atom. The summed E-state index contributed by atoms with van der Waals surface area (Å²) >= 11 is 0. The van der Waals surface area contributed by atoms with Crippen LogP contribution >= 0.6 is 12.4 Å². The lowest BCUT2D eigenvalue weighted by molar-refractivity contribution is -0.133. The number of ether oxygens (including phenoxy) is 2. The van der Waals surface area contributed by atoms with Crippen LogP contribution in [0, 0.1) is 0 Å². The summed E-state index contributed by atoms with van der Waals surface area (Å²) in [4.78, 5) is 73.7. The van der Waals surface area contributed by atoms with Gasteiger partial charge in [0.1, 0.15) is 40.2 Å². The number of carbonyl (C=O) groups excluding carboxylic acids is 3. The Kier molecular flexibility index (Phi) is 15.3. The normalized spacial score (nSPS) is 16.7. The predicted molar refractivity (Wildman–Crippen MR) is 223 cm³/mol. The molecule has 2 fully saturated rings. The van der Waals surface area contributed by atoms with Crippen molar-refractivity contribution in [3.8, 4) is 11.5 Å². The van der Waals surface area contributed by atoms with E-state index in [9.17, 15) is 50.6 Å². The van der Waals surface area contributed by atoms with E-state index in [-0.39, 0.29) is 47.4 Å². The number of amides is 4. The van der Waals surface area contributed by atoms with E-state index in [1.165, 1.54) is 42.3 Å². The van der Waals surface area contributed by atoms with Gasteiger partial charge in [0.15, 0.2) is 23.1 Å². The Morgan fingerprint density at radius 2 is 1.19 bits per heavy atom. The Balaban J connectivity index is 0.000000213. The molecule has 0 radical (unpaired) electrons. The van der Waals surface area contributed by atoms with Crippen molar-refractivity contribution < 1.29 is 60.1 Å². The zero-order valence-corrected chi connectivity index (χ0v) is 34.8. The molecule has 4 aromatic rings. The molecule has 2 atom stereocenters. The molecule has 0 saturated carbocycles. The summed E-state index contributed by atoms with van der Waals surface area (Å²) in [5.74, 6) is -0.0132. The molecule has 344 valence electrons. The average molecular weight is 926 g/mol. The molecule has 25 heteroatoms. The summed E-state index contributed by atoms with van der Waals surface area (Å²) in [6.45, 7) is 1.38. The van der Waals surface area contributed by atoms with Crippen molar-refractivity contribution in [3.63, 3.8) is 0 Å². The first-order valence-electron chi connectivity index (χ1n) is 19.2. The molecule has 5 N–H and O–H groups in total. The molecule has 0 aromatic carbocycles. The van der Waals surface area contributed by atoms with Gasteiger partial charge < -0.3 is 30.1 Å². The van der Waals surface area contributed by atoms with Crippen molar-refractivity contribution in [1.82, 2.24) is 19.9 Å². The number of carboxylic acids is 1. The highest BCUT2D eigenvalue weighted by atomic mass is 35.5. The lowest BCUT2D eigenvalue weighted by atomic mass is 10.1. The molecule has 4 bridgehead atoms. The maximum Gasteiger partial charge on any atom is 0.400 e. The number of nitrogens with two attached hydrogens (primary N) is 1. The number of carbonyl (C=O) groups is 4. The van der Waals surface area contributed by atoms with Gasteiger partial charge in [0.2, 0.25) is 0 Å². The molecule has 4 aromatic heterocycles. The van der Waals surface area contributed by atoms with Crippen molar-refractivity contribution in [2.75, 3.05) is 77.2 Å². The van der Waals surface area contributed by atoms with Crippen LogP contribution in [0.3, 0.4) is 0 Å². The second kappa shape index (κ2) is 20.2. The Labute approximate surface area is 367 Å². The van der Waals surface area contributed by atoms with E-state index < -0.39 is 55.6 Å². The SMILES string of the molecule is COc1cc(C(=O)CCC(F)(F)F)nc2c1N1CC[C@@H](C1)N2C(=O)Nc1ccccn1.COc1cc(C(=O)O)nc2c1N1CC[C@@H](C1)N2C(=O)Nc1ccccn1.Cl.NCC(F)(F)F. The first-order valence-corrected chi connectivity index (χ1v) is 19.2. The maximum absolute atomic E-state index is 13.1. The monoisotopic (exact) mass is 925 g/mol.